The monoisotopic (exact) mass is 260 g/mol. The molecule has 3 heterocycles. The number of pyridine rings is 1. The number of aryl methyl sites for hydroxylation is 1. The van der Waals surface area contributed by atoms with E-state index in [4.69, 9.17) is 5.73 Å². The minimum Gasteiger partial charge on any atom is -0.392 e. The van der Waals surface area contributed by atoms with Gasteiger partial charge >= 0.3 is 0 Å². The van der Waals surface area contributed by atoms with Crippen molar-refractivity contribution in [3.63, 3.8) is 0 Å². The van der Waals surface area contributed by atoms with Crippen molar-refractivity contribution >= 4 is 16.9 Å². The molecule has 0 saturated carbocycles. The molecule has 98 valence electrons. The third-order valence-corrected chi connectivity index (χ3v) is 2.94. The van der Waals surface area contributed by atoms with Gasteiger partial charge in [0.2, 0.25) is 0 Å². The van der Waals surface area contributed by atoms with Gasteiger partial charge in [-0.3, -0.25) is 4.98 Å². The number of imidazole rings is 1. The van der Waals surface area contributed by atoms with Gasteiger partial charge in [0.1, 0.15) is 5.52 Å². The highest BCUT2D eigenvalue weighted by Crippen LogP contribution is 2.27. The predicted molar refractivity (Wildman–Crippen MR) is 66.8 cm³/mol. The van der Waals surface area contributed by atoms with Gasteiger partial charge in [-0.05, 0) is 17.2 Å². The topological polar surface area (TPSA) is 116 Å². The van der Waals surface area contributed by atoms with E-state index in [0.717, 1.165) is 5.52 Å². The fourth-order valence-corrected chi connectivity index (χ4v) is 2.11. The molecule has 0 amide bonds. The lowest BCUT2D eigenvalue weighted by atomic mass is 10.2. The molecule has 0 radical (unpaired) electrons. The van der Waals surface area contributed by atoms with Crippen LogP contribution < -0.4 is 5.73 Å². The summed E-state index contributed by atoms with van der Waals surface area (Å²) in [5, 5.41) is 16.7. The molecule has 8 nitrogen and oxygen atoms in total. The second kappa shape index (κ2) is 4.32. The van der Waals surface area contributed by atoms with Crippen molar-refractivity contribution in [2.45, 2.75) is 20.1 Å². The zero-order chi connectivity index (χ0) is 13.4. The van der Waals surface area contributed by atoms with Gasteiger partial charge in [0.25, 0.3) is 0 Å². The second-order valence-corrected chi connectivity index (χ2v) is 4.00. The first-order valence-corrected chi connectivity index (χ1v) is 5.78. The molecule has 3 aromatic heterocycles. The molecule has 8 heteroatoms. The predicted octanol–water partition coefficient (Wildman–Crippen LogP) is 0.576. The Bertz CT molecular complexity index is 732. The van der Waals surface area contributed by atoms with Crippen molar-refractivity contribution in [1.82, 2.24) is 24.8 Å². The van der Waals surface area contributed by atoms with Gasteiger partial charge in [0.05, 0.1) is 18.3 Å². The van der Waals surface area contributed by atoms with Gasteiger partial charge in [0.15, 0.2) is 17.3 Å². The van der Waals surface area contributed by atoms with E-state index in [9.17, 15) is 5.11 Å². The molecule has 0 aliphatic carbocycles. The zero-order valence-electron chi connectivity index (χ0n) is 10.2. The maximum Gasteiger partial charge on any atom is 0.199 e. The highest BCUT2D eigenvalue weighted by atomic mass is 16.6. The van der Waals surface area contributed by atoms with E-state index in [1.165, 1.54) is 0 Å². The van der Waals surface area contributed by atoms with Crippen LogP contribution in [0.15, 0.2) is 17.0 Å². The van der Waals surface area contributed by atoms with Gasteiger partial charge in [-0.15, -0.1) is 0 Å². The van der Waals surface area contributed by atoms with Crippen molar-refractivity contribution in [1.29, 1.82) is 0 Å². The molecule has 19 heavy (non-hydrogen) atoms. The number of hydrogen-bond acceptors (Lipinski definition) is 7. The van der Waals surface area contributed by atoms with Crippen LogP contribution in [0.1, 0.15) is 12.5 Å². The largest absolute Gasteiger partial charge is 0.392 e. The first kappa shape index (κ1) is 11.6. The third-order valence-electron chi connectivity index (χ3n) is 2.94. The van der Waals surface area contributed by atoms with Crippen LogP contribution in [0.2, 0.25) is 0 Å². The summed E-state index contributed by atoms with van der Waals surface area (Å²) in [5.41, 5.74) is 8.28. The third kappa shape index (κ3) is 1.65. The van der Waals surface area contributed by atoms with E-state index < -0.39 is 0 Å². The summed E-state index contributed by atoms with van der Waals surface area (Å²) in [4.78, 5) is 8.49. The fourth-order valence-electron chi connectivity index (χ4n) is 2.11. The van der Waals surface area contributed by atoms with Crippen LogP contribution >= 0.6 is 0 Å². The number of fused-ring (bicyclic) bond motifs is 1. The van der Waals surface area contributed by atoms with Crippen molar-refractivity contribution in [2.75, 3.05) is 5.73 Å². The van der Waals surface area contributed by atoms with Gasteiger partial charge in [0, 0.05) is 18.3 Å². The number of nitrogens with zero attached hydrogens (tertiary/aromatic N) is 5. The number of nitrogen functional groups attached to an aromatic ring is 1. The van der Waals surface area contributed by atoms with Gasteiger partial charge in [-0.2, -0.15) is 0 Å². The summed E-state index contributed by atoms with van der Waals surface area (Å²) in [7, 11) is 0. The fraction of sp³-hybridized carbons (Fsp3) is 0.273. The number of aromatic nitrogens is 5. The minimum absolute atomic E-state index is 0.109. The van der Waals surface area contributed by atoms with Crippen LogP contribution in [0, 0.1) is 0 Å². The number of anilines is 1. The van der Waals surface area contributed by atoms with Crippen LogP contribution in [0.25, 0.3) is 22.6 Å². The first-order valence-electron chi connectivity index (χ1n) is 5.78. The molecular formula is C11H12N6O2. The Morgan fingerprint density at radius 2 is 2.21 bits per heavy atom. The van der Waals surface area contributed by atoms with Crippen molar-refractivity contribution in [3.05, 3.63) is 18.0 Å². The van der Waals surface area contributed by atoms with Crippen LogP contribution in [-0.2, 0) is 13.2 Å². The summed E-state index contributed by atoms with van der Waals surface area (Å²) in [6.45, 7) is 2.51. The lowest BCUT2D eigenvalue weighted by Gasteiger charge is -2.06. The van der Waals surface area contributed by atoms with Gasteiger partial charge in [-0.25, -0.2) is 9.61 Å². The minimum atomic E-state index is -0.109. The van der Waals surface area contributed by atoms with E-state index >= 15 is 0 Å². The summed E-state index contributed by atoms with van der Waals surface area (Å²) in [6.07, 6.45) is 3.25. The summed E-state index contributed by atoms with van der Waals surface area (Å²) in [6, 6.07) is 0. The normalized spacial score (nSPS) is 11.3. The first-order chi connectivity index (χ1) is 9.26. The molecule has 0 aliphatic heterocycles. The average molecular weight is 260 g/mol. The standard InChI is InChI=1S/C11H12N6O2/c1-2-17-9-6(5-18)3-13-4-7(9)14-11(17)8-10(12)16-19-15-8/h3-4,18H,2,5H2,1H3,(H2,12,16). The highest BCUT2D eigenvalue weighted by molar-refractivity contribution is 5.83. The second-order valence-electron chi connectivity index (χ2n) is 4.00. The quantitative estimate of drug-likeness (QED) is 0.707. The number of aliphatic hydroxyl groups is 1. The van der Waals surface area contributed by atoms with E-state index in [1.54, 1.807) is 12.4 Å². The smallest absolute Gasteiger partial charge is 0.199 e. The molecule has 0 aromatic carbocycles. The van der Waals surface area contributed by atoms with Crippen LogP contribution in [0.3, 0.4) is 0 Å². The Hall–Kier alpha value is -2.48. The van der Waals surface area contributed by atoms with Crippen molar-refractivity contribution in [3.8, 4) is 11.5 Å². The molecule has 0 unspecified atom stereocenters. The van der Waals surface area contributed by atoms with E-state index in [2.05, 4.69) is 24.9 Å². The zero-order valence-corrected chi connectivity index (χ0v) is 10.2. The highest BCUT2D eigenvalue weighted by Gasteiger charge is 2.19. The maximum atomic E-state index is 9.40. The molecule has 0 bridgehead atoms. The van der Waals surface area contributed by atoms with Crippen molar-refractivity contribution < 1.29 is 9.74 Å². The van der Waals surface area contributed by atoms with Gasteiger partial charge in [-0.1, -0.05) is 0 Å². The van der Waals surface area contributed by atoms with E-state index in [-0.39, 0.29) is 12.4 Å². The Morgan fingerprint density at radius 1 is 1.37 bits per heavy atom. The molecule has 0 spiro atoms. The summed E-state index contributed by atoms with van der Waals surface area (Å²) >= 11 is 0. The SMILES string of the molecule is CCn1c(-c2nonc2N)nc2cncc(CO)c21. The van der Waals surface area contributed by atoms with E-state index in [0.29, 0.717) is 29.1 Å². The number of rotatable bonds is 3. The van der Waals surface area contributed by atoms with Crippen LogP contribution in [0.4, 0.5) is 5.82 Å². The molecule has 3 rings (SSSR count). The summed E-state index contributed by atoms with van der Waals surface area (Å²) in [5.74, 6) is 0.738. The van der Waals surface area contributed by atoms with Gasteiger partial charge < -0.3 is 15.4 Å². The number of aliphatic hydroxyl groups excluding tert-OH is 1. The molecule has 3 N–H and O–H groups in total. The molecule has 3 aromatic rings. The summed E-state index contributed by atoms with van der Waals surface area (Å²) < 4.78 is 6.51. The van der Waals surface area contributed by atoms with Crippen LogP contribution in [0.5, 0.6) is 0 Å². The maximum absolute atomic E-state index is 9.40. The Balaban J connectivity index is 2.35. The Morgan fingerprint density at radius 3 is 2.84 bits per heavy atom. The number of hydrogen-bond donors (Lipinski definition) is 2. The van der Waals surface area contributed by atoms with E-state index in [1.807, 2.05) is 11.5 Å². The lowest BCUT2D eigenvalue weighted by molar-refractivity contribution is 0.282. The Kier molecular flexibility index (Phi) is 2.64. The average Bonchev–Trinajstić information content (AvgIpc) is 3.00. The number of nitrogens with two attached hydrogens (primary N) is 1. The Labute approximate surface area is 107 Å². The van der Waals surface area contributed by atoms with Crippen LogP contribution in [-0.4, -0.2) is 30.0 Å². The molecule has 0 atom stereocenters. The molecule has 0 aliphatic rings. The lowest BCUT2D eigenvalue weighted by Crippen LogP contribution is -2.01. The molecule has 0 saturated heterocycles. The van der Waals surface area contributed by atoms with Crippen molar-refractivity contribution in [2.24, 2.45) is 0 Å². The molecule has 0 fully saturated rings. The molecular weight excluding hydrogens is 248 g/mol.